The summed E-state index contributed by atoms with van der Waals surface area (Å²) < 4.78 is 17.1. The second kappa shape index (κ2) is 6.76. The minimum atomic E-state index is -1.84. The molecule has 0 heterocycles. The molecule has 0 radical (unpaired) electrons. The van der Waals surface area contributed by atoms with Gasteiger partial charge in [-0.2, -0.15) is 0 Å². The van der Waals surface area contributed by atoms with Crippen molar-refractivity contribution in [3.63, 3.8) is 0 Å². The molecular formula is C14H11NO5S. The van der Waals surface area contributed by atoms with Gasteiger partial charge in [0.15, 0.2) is 0 Å². The van der Waals surface area contributed by atoms with E-state index in [-0.39, 0.29) is 10.6 Å². The topological polar surface area (TPSA) is 86.5 Å². The minimum absolute atomic E-state index is 0.00696. The van der Waals surface area contributed by atoms with Crippen LogP contribution in [0.3, 0.4) is 0 Å². The van der Waals surface area contributed by atoms with E-state index in [1.807, 2.05) is 0 Å². The molecule has 2 aromatic carbocycles. The zero-order valence-corrected chi connectivity index (χ0v) is 11.6. The Hall–Kier alpha value is -2.54. The number of nitro groups is 1. The Morgan fingerprint density at radius 3 is 2.38 bits per heavy atom. The van der Waals surface area contributed by atoms with Crippen molar-refractivity contribution >= 4 is 22.5 Å². The summed E-state index contributed by atoms with van der Waals surface area (Å²) in [5, 5.41) is 10.9. The van der Waals surface area contributed by atoms with E-state index >= 15 is 0 Å². The number of benzene rings is 2. The van der Waals surface area contributed by atoms with Gasteiger partial charge < -0.3 is 4.74 Å². The van der Waals surface area contributed by atoms with Crippen LogP contribution in [0, 0.1) is 10.1 Å². The maximum atomic E-state index is 12.1. The van der Waals surface area contributed by atoms with Crippen LogP contribution in [0.2, 0.25) is 0 Å². The molecule has 0 aliphatic rings. The average Bonchev–Trinajstić information content (AvgIpc) is 2.48. The molecule has 1 atom stereocenters. The molecule has 2 rings (SSSR count). The van der Waals surface area contributed by atoms with E-state index in [9.17, 15) is 19.1 Å². The zero-order valence-electron chi connectivity index (χ0n) is 10.8. The van der Waals surface area contributed by atoms with Crippen molar-refractivity contribution in [2.45, 2.75) is 4.90 Å². The summed E-state index contributed by atoms with van der Waals surface area (Å²) in [6.45, 7) is 0. The zero-order chi connectivity index (χ0) is 15.2. The highest BCUT2D eigenvalue weighted by atomic mass is 32.2. The first-order valence-corrected chi connectivity index (χ1v) is 7.27. The molecule has 7 heteroatoms. The molecule has 0 saturated carbocycles. The van der Waals surface area contributed by atoms with Crippen molar-refractivity contribution < 1.29 is 18.7 Å². The Labute approximate surface area is 123 Å². The largest absolute Gasteiger partial charge is 0.426 e. The van der Waals surface area contributed by atoms with Gasteiger partial charge in [-0.1, -0.05) is 30.3 Å². The van der Waals surface area contributed by atoms with Crippen molar-refractivity contribution in [2.24, 2.45) is 0 Å². The predicted octanol–water partition coefficient (Wildman–Crippen LogP) is 2.31. The maximum Gasteiger partial charge on any atom is 0.324 e. The van der Waals surface area contributed by atoms with Crippen LogP contribution in [0.15, 0.2) is 59.5 Å². The van der Waals surface area contributed by atoms with Crippen LogP contribution in [-0.4, -0.2) is 20.9 Å². The number of nitro benzene ring substituents is 1. The highest BCUT2D eigenvalue weighted by Crippen LogP contribution is 2.21. The smallest absolute Gasteiger partial charge is 0.324 e. The second-order valence-corrected chi connectivity index (χ2v) is 5.42. The Morgan fingerprint density at radius 2 is 1.71 bits per heavy atom. The molecule has 108 valence electrons. The van der Waals surface area contributed by atoms with Crippen LogP contribution in [-0.2, 0) is 15.6 Å². The van der Waals surface area contributed by atoms with Crippen LogP contribution in [0.25, 0.3) is 0 Å². The summed E-state index contributed by atoms with van der Waals surface area (Å²) in [7, 11) is -1.84. The van der Waals surface area contributed by atoms with Crippen molar-refractivity contribution in [1.82, 2.24) is 0 Å². The van der Waals surface area contributed by atoms with Crippen LogP contribution in [0.4, 0.5) is 5.69 Å². The predicted molar refractivity (Wildman–Crippen MR) is 76.4 cm³/mol. The molecule has 0 fully saturated rings. The fourth-order valence-corrected chi connectivity index (χ4v) is 2.67. The first-order chi connectivity index (χ1) is 10.1. The van der Waals surface area contributed by atoms with Crippen molar-refractivity contribution in [3.05, 3.63) is 64.7 Å². The molecule has 21 heavy (non-hydrogen) atoms. The third-order valence-corrected chi connectivity index (χ3v) is 3.86. The normalized spacial score (nSPS) is 11.6. The minimum Gasteiger partial charge on any atom is -0.426 e. The van der Waals surface area contributed by atoms with Crippen molar-refractivity contribution in [2.75, 3.05) is 5.75 Å². The number of para-hydroxylation sites is 2. The van der Waals surface area contributed by atoms with E-state index in [4.69, 9.17) is 4.74 Å². The lowest BCUT2D eigenvalue weighted by Gasteiger charge is -2.04. The quantitative estimate of drug-likeness (QED) is 0.366. The number of ether oxygens (including phenoxy) is 1. The Kier molecular flexibility index (Phi) is 4.78. The summed E-state index contributed by atoms with van der Waals surface area (Å²) in [5.74, 6) is -0.820. The SMILES string of the molecule is O=C(CS(=O)c1ccccc1[N+](=O)[O-])Oc1ccccc1. The van der Waals surface area contributed by atoms with Crippen molar-refractivity contribution in [1.29, 1.82) is 0 Å². The Bertz CT molecular complexity index is 687. The molecule has 0 saturated heterocycles. The third kappa shape index (κ3) is 3.96. The van der Waals surface area contributed by atoms with Gasteiger partial charge in [-0.05, 0) is 18.2 Å². The van der Waals surface area contributed by atoms with Crippen LogP contribution in [0.1, 0.15) is 0 Å². The van der Waals surface area contributed by atoms with E-state index in [1.54, 1.807) is 30.3 Å². The fourth-order valence-electron chi connectivity index (χ4n) is 1.63. The fraction of sp³-hybridized carbons (Fsp3) is 0.0714. The van der Waals surface area contributed by atoms with E-state index < -0.39 is 27.4 Å². The number of nitrogens with zero attached hydrogens (tertiary/aromatic N) is 1. The van der Waals surface area contributed by atoms with Crippen molar-refractivity contribution in [3.8, 4) is 5.75 Å². The van der Waals surface area contributed by atoms with E-state index in [1.165, 1.54) is 24.3 Å². The van der Waals surface area contributed by atoms with Gasteiger partial charge in [-0.25, -0.2) is 0 Å². The lowest BCUT2D eigenvalue weighted by atomic mass is 10.3. The van der Waals surface area contributed by atoms with E-state index in [0.29, 0.717) is 5.75 Å². The number of esters is 1. The molecule has 0 aliphatic heterocycles. The number of carbonyl (C=O) groups excluding carboxylic acids is 1. The summed E-state index contributed by atoms with van der Waals surface area (Å²) in [6, 6.07) is 14.0. The van der Waals surface area contributed by atoms with Gasteiger partial charge >= 0.3 is 5.97 Å². The molecule has 0 aromatic heterocycles. The second-order valence-electron chi connectivity index (χ2n) is 4.00. The van der Waals surface area contributed by atoms with E-state index in [2.05, 4.69) is 0 Å². The van der Waals surface area contributed by atoms with Gasteiger partial charge in [0.1, 0.15) is 16.4 Å². The van der Waals surface area contributed by atoms with E-state index in [0.717, 1.165) is 0 Å². The lowest BCUT2D eigenvalue weighted by Crippen LogP contribution is -2.17. The Balaban J connectivity index is 2.08. The summed E-state index contributed by atoms with van der Waals surface area (Å²) in [6.07, 6.45) is 0. The van der Waals surface area contributed by atoms with Crippen LogP contribution >= 0.6 is 0 Å². The highest BCUT2D eigenvalue weighted by molar-refractivity contribution is 7.85. The Morgan fingerprint density at radius 1 is 1.10 bits per heavy atom. The maximum absolute atomic E-state index is 12.1. The molecule has 2 aromatic rings. The summed E-state index contributed by atoms with van der Waals surface area (Å²) >= 11 is 0. The number of hydrogen-bond acceptors (Lipinski definition) is 5. The first-order valence-electron chi connectivity index (χ1n) is 5.95. The number of hydrogen-bond donors (Lipinski definition) is 0. The first kappa shape index (κ1) is 14.9. The molecule has 0 amide bonds. The summed E-state index contributed by atoms with van der Waals surface area (Å²) in [5.41, 5.74) is -0.275. The third-order valence-electron chi connectivity index (χ3n) is 2.53. The number of rotatable bonds is 5. The van der Waals surface area contributed by atoms with Gasteiger partial charge in [0.25, 0.3) is 5.69 Å². The molecule has 0 N–H and O–H groups in total. The van der Waals surface area contributed by atoms with Gasteiger partial charge in [-0.3, -0.25) is 19.1 Å². The molecule has 0 spiro atoms. The highest BCUT2D eigenvalue weighted by Gasteiger charge is 2.21. The molecule has 6 nitrogen and oxygen atoms in total. The van der Waals surface area contributed by atoms with Crippen LogP contribution < -0.4 is 4.74 Å². The molecule has 1 unspecified atom stereocenters. The monoisotopic (exact) mass is 305 g/mol. The lowest BCUT2D eigenvalue weighted by molar-refractivity contribution is -0.387. The van der Waals surface area contributed by atoms with Gasteiger partial charge in [-0.15, -0.1) is 0 Å². The van der Waals surface area contributed by atoms with Gasteiger partial charge in [0.2, 0.25) is 0 Å². The van der Waals surface area contributed by atoms with Crippen LogP contribution in [0.5, 0.6) is 5.75 Å². The molecule has 0 aliphatic carbocycles. The average molecular weight is 305 g/mol. The van der Waals surface area contributed by atoms with Gasteiger partial charge in [0, 0.05) is 6.07 Å². The number of carbonyl (C=O) groups is 1. The standard InChI is InChI=1S/C14H11NO5S/c16-14(20-11-6-2-1-3-7-11)10-21(19)13-9-5-4-8-12(13)15(17)18/h1-9H,10H2. The molecule has 0 bridgehead atoms. The summed E-state index contributed by atoms with van der Waals surface area (Å²) in [4.78, 5) is 21.9. The molecular weight excluding hydrogens is 294 g/mol. The van der Waals surface area contributed by atoms with Gasteiger partial charge in [0.05, 0.1) is 15.7 Å².